The van der Waals surface area contributed by atoms with Gasteiger partial charge in [0.1, 0.15) is 0 Å². The molecule has 5 rings (SSSR count). The standard InChI is InChI=1S/C23H18.C9H22N2.C6H15N.3C2H6/c1-2-17-19-11-5-6-12-21(19)23-18-10-4-3-8-15(18)14-16-9-7-13-20(17)22(16)23;1-5-10(6-2)9-11(7-3)8-4;1-4-7(5-2)6-3;3*1-2/h3-13H,2,14H2,1H3;5-9H2,1-4H3;4-6H2,1-3H3;3*1-2H3. The van der Waals surface area contributed by atoms with E-state index in [-0.39, 0.29) is 0 Å². The van der Waals surface area contributed by atoms with Gasteiger partial charge in [-0.1, -0.05) is 164 Å². The SMILES string of the molecule is CC.CC.CC.CCN(CC)CC.CCN(CC)CN(CC)CC.CCc1c2ccccc2c2c3c(cccc13)Cc1ccccc1-2. The molecule has 0 N–H and O–H groups in total. The zero-order valence-electron chi connectivity index (χ0n) is 33.3. The minimum absolute atomic E-state index is 1.04. The van der Waals surface area contributed by atoms with Gasteiger partial charge in [0.25, 0.3) is 0 Å². The zero-order chi connectivity index (χ0) is 35.8. The van der Waals surface area contributed by atoms with Crippen molar-refractivity contribution in [2.45, 2.75) is 110 Å². The maximum atomic E-state index is 2.44. The summed E-state index contributed by atoms with van der Waals surface area (Å²) in [6.45, 7) is 39.0. The lowest BCUT2D eigenvalue weighted by atomic mass is 9.79. The average Bonchev–Trinajstić information content (AvgIpc) is 3.16. The van der Waals surface area contributed by atoms with E-state index in [0.29, 0.717) is 0 Å². The Morgan fingerprint density at radius 2 is 0.872 bits per heavy atom. The molecule has 3 nitrogen and oxygen atoms in total. The molecule has 0 unspecified atom stereocenters. The molecular weight excluding hydrogens is 571 g/mol. The summed E-state index contributed by atoms with van der Waals surface area (Å²) in [7, 11) is 0. The molecule has 47 heavy (non-hydrogen) atoms. The van der Waals surface area contributed by atoms with Crippen molar-refractivity contribution in [3.05, 3.63) is 83.4 Å². The van der Waals surface area contributed by atoms with Crippen LogP contribution in [0.4, 0.5) is 0 Å². The maximum absolute atomic E-state index is 2.44. The van der Waals surface area contributed by atoms with E-state index in [1.165, 1.54) is 69.0 Å². The Kier molecular flexibility index (Phi) is 24.7. The van der Waals surface area contributed by atoms with E-state index in [4.69, 9.17) is 0 Å². The van der Waals surface area contributed by atoms with Crippen molar-refractivity contribution in [1.29, 1.82) is 0 Å². The van der Waals surface area contributed by atoms with Gasteiger partial charge in [-0.25, -0.2) is 0 Å². The Morgan fingerprint density at radius 3 is 1.34 bits per heavy atom. The number of rotatable bonds is 10. The minimum Gasteiger partial charge on any atom is -0.304 e. The highest BCUT2D eigenvalue weighted by atomic mass is 15.3. The van der Waals surface area contributed by atoms with Crippen LogP contribution >= 0.6 is 0 Å². The Bertz CT molecular complexity index is 1330. The van der Waals surface area contributed by atoms with E-state index in [0.717, 1.165) is 45.7 Å². The Hall–Kier alpha value is -2.72. The van der Waals surface area contributed by atoms with Crippen molar-refractivity contribution in [2.24, 2.45) is 0 Å². The third-order valence-corrected chi connectivity index (χ3v) is 8.80. The first-order valence-corrected chi connectivity index (χ1v) is 19.2. The van der Waals surface area contributed by atoms with Gasteiger partial charge in [-0.15, -0.1) is 0 Å². The van der Waals surface area contributed by atoms with Gasteiger partial charge in [0.05, 0.1) is 6.67 Å². The lowest BCUT2D eigenvalue weighted by molar-refractivity contribution is 0.152. The quantitative estimate of drug-likeness (QED) is 0.111. The molecule has 1 aliphatic carbocycles. The van der Waals surface area contributed by atoms with Crippen molar-refractivity contribution in [1.82, 2.24) is 14.7 Å². The third-order valence-electron chi connectivity index (χ3n) is 8.80. The second-order valence-corrected chi connectivity index (χ2v) is 10.8. The second kappa shape index (κ2) is 26.3. The summed E-state index contributed by atoms with van der Waals surface area (Å²) >= 11 is 0. The smallest absolute Gasteiger partial charge is 0.0505 e. The molecule has 0 fully saturated rings. The lowest BCUT2D eigenvalue weighted by Crippen LogP contribution is -2.37. The van der Waals surface area contributed by atoms with E-state index >= 15 is 0 Å². The zero-order valence-corrected chi connectivity index (χ0v) is 33.3. The summed E-state index contributed by atoms with van der Waals surface area (Å²) in [5.41, 5.74) is 7.25. The molecule has 4 aromatic carbocycles. The second-order valence-electron chi connectivity index (χ2n) is 10.8. The van der Waals surface area contributed by atoms with Crippen LogP contribution in [0, 0.1) is 0 Å². The van der Waals surface area contributed by atoms with Crippen LogP contribution in [0.5, 0.6) is 0 Å². The molecule has 4 aromatic rings. The van der Waals surface area contributed by atoms with Crippen molar-refractivity contribution in [3.63, 3.8) is 0 Å². The molecule has 0 radical (unpaired) electrons. The molecule has 0 atom stereocenters. The highest BCUT2D eigenvalue weighted by Crippen LogP contribution is 2.45. The minimum atomic E-state index is 1.04. The number of hydrogen-bond acceptors (Lipinski definition) is 3. The van der Waals surface area contributed by atoms with Gasteiger partial charge in [-0.05, 0) is 108 Å². The van der Waals surface area contributed by atoms with E-state index in [1.807, 2.05) is 41.5 Å². The van der Waals surface area contributed by atoms with Crippen molar-refractivity contribution >= 4 is 21.5 Å². The molecule has 0 heterocycles. The first kappa shape index (κ1) is 44.3. The third kappa shape index (κ3) is 12.3. The normalized spacial score (nSPS) is 10.7. The van der Waals surface area contributed by atoms with Crippen molar-refractivity contribution in [3.8, 4) is 11.1 Å². The summed E-state index contributed by atoms with van der Waals surface area (Å²) in [5.74, 6) is 0. The van der Waals surface area contributed by atoms with Crippen LogP contribution in [0.1, 0.15) is 114 Å². The first-order valence-electron chi connectivity index (χ1n) is 19.2. The monoisotopic (exact) mass is 644 g/mol. The summed E-state index contributed by atoms with van der Waals surface area (Å²) in [5, 5.41) is 5.72. The molecule has 0 bridgehead atoms. The number of fused-ring (bicyclic) bond motifs is 4. The van der Waals surface area contributed by atoms with Crippen LogP contribution < -0.4 is 0 Å². The van der Waals surface area contributed by atoms with E-state index in [9.17, 15) is 0 Å². The Balaban J connectivity index is 0.000000745. The highest BCUT2D eigenvalue weighted by molar-refractivity contribution is 6.17. The highest BCUT2D eigenvalue weighted by Gasteiger charge is 2.22. The fourth-order valence-electron chi connectivity index (χ4n) is 6.12. The van der Waals surface area contributed by atoms with Gasteiger partial charge in [-0.3, -0.25) is 9.80 Å². The largest absolute Gasteiger partial charge is 0.304 e. The number of benzene rings is 4. The molecule has 0 saturated carbocycles. The summed E-state index contributed by atoms with van der Waals surface area (Å²) in [6, 6.07) is 24.6. The predicted molar refractivity (Wildman–Crippen MR) is 217 cm³/mol. The molecule has 3 heteroatoms. The van der Waals surface area contributed by atoms with Gasteiger partial charge in [-0.2, -0.15) is 0 Å². The molecule has 0 aliphatic heterocycles. The number of hydrogen-bond donors (Lipinski definition) is 0. The molecule has 0 saturated heterocycles. The summed E-state index contributed by atoms with van der Waals surface area (Å²) in [4.78, 5) is 7.25. The van der Waals surface area contributed by atoms with Gasteiger partial charge in [0.15, 0.2) is 0 Å². The molecule has 1 aliphatic rings. The number of aryl methyl sites for hydroxylation is 1. The predicted octanol–water partition coefficient (Wildman–Crippen LogP) is 12.2. The molecule has 0 aromatic heterocycles. The van der Waals surface area contributed by atoms with Gasteiger partial charge in [0, 0.05) is 0 Å². The van der Waals surface area contributed by atoms with Gasteiger partial charge >= 0.3 is 0 Å². The lowest BCUT2D eigenvalue weighted by Gasteiger charge is -2.26. The van der Waals surface area contributed by atoms with E-state index in [2.05, 4.69) is 137 Å². The fourth-order valence-corrected chi connectivity index (χ4v) is 6.12. The topological polar surface area (TPSA) is 9.72 Å². The Morgan fingerprint density at radius 1 is 0.447 bits per heavy atom. The fraction of sp³-hybridized carbons (Fsp3) is 0.545. The van der Waals surface area contributed by atoms with Crippen LogP contribution in [-0.2, 0) is 12.8 Å². The molecule has 0 amide bonds. The van der Waals surface area contributed by atoms with Crippen molar-refractivity contribution < 1.29 is 0 Å². The van der Waals surface area contributed by atoms with Crippen molar-refractivity contribution in [2.75, 3.05) is 52.5 Å². The van der Waals surface area contributed by atoms with E-state index in [1.54, 1.807) is 0 Å². The first-order chi connectivity index (χ1) is 23.0. The van der Waals surface area contributed by atoms with Crippen LogP contribution in [0.2, 0.25) is 0 Å². The van der Waals surface area contributed by atoms with Crippen LogP contribution in [0.15, 0.2) is 66.7 Å². The Labute approximate surface area is 292 Å². The molecular formula is C44H73N3. The van der Waals surface area contributed by atoms with Crippen LogP contribution in [-0.4, -0.2) is 67.2 Å². The molecule has 264 valence electrons. The molecule has 0 spiro atoms. The summed E-state index contributed by atoms with van der Waals surface area (Å²) < 4.78 is 0. The maximum Gasteiger partial charge on any atom is 0.0505 e. The van der Waals surface area contributed by atoms with E-state index < -0.39 is 0 Å². The summed E-state index contributed by atoms with van der Waals surface area (Å²) in [6.07, 6.45) is 2.12. The number of nitrogens with zero attached hydrogens (tertiary/aromatic N) is 3. The van der Waals surface area contributed by atoms with Crippen LogP contribution in [0.25, 0.3) is 32.7 Å². The average molecular weight is 644 g/mol. The van der Waals surface area contributed by atoms with Crippen LogP contribution in [0.3, 0.4) is 0 Å². The van der Waals surface area contributed by atoms with Gasteiger partial charge in [0.2, 0.25) is 0 Å². The van der Waals surface area contributed by atoms with Gasteiger partial charge < -0.3 is 4.90 Å².